The molecule has 0 spiro atoms. The zero-order chi connectivity index (χ0) is 10.6. The van der Waals surface area contributed by atoms with Gasteiger partial charge in [0, 0.05) is 12.5 Å². The Labute approximate surface area is 86.5 Å². The molecule has 0 aromatic carbocycles. The van der Waals surface area contributed by atoms with Crippen LogP contribution in [-0.4, -0.2) is 34.3 Å². The van der Waals surface area contributed by atoms with Gasteiger partial charge >= 0.3 is 5.97 Å². The number of nitrogens with two attached hydrogens (primary N) is 1. The second-order valence-corrected chi connectivity index (χ2v) is 3.06. The summed E-state index contributed by atoms with van der Waals surface area (Å²) in [5.41, 5.74) is 5.16. The summed E-state index contributed by atoms with van der Waals surface area (Å²) in [6.07, 6.45) is -2.53. The van der Waals surface area contributed by atoms with Gasteiger partial charge in [0.2, 0.25) is 5.92 Å². The number of carbonyl (C=O) groups is 1. The molecule has 4 N–H and O–H groups in total. The zero-order valence-electron chi connectivity index (χ0n) is 7.61. The Morgan fingerprint density at radius 3 is 2.29 bits per heavy atom. The molecular weight excluding hydrogens is 220 g/mol. The van der Waals surface area contributed by atoms with Crippen molar-refractivity contribution in [1.82, 2.24) is 0 Å². The Morgan fingerprint density at radius 2 is 2.00 bits per heavy atom. The monoisotopic (exact) mass is 233 g/mol. The van der Waals surface area contributed by atoms with E-state index in [-0.39, 0.29) is 18.8 Å². The molecule has 0 aromatic rings. The van der Waals surface area contributed by atoms with E-state index in [1.165, 1.54) is 0 Å². The Bertz CT molecular complexity index is 186. The van der Waals surface area contributed by atoms with E-state index in [4.69, 9.17) is 15.9 Å². The second-order valence-electron chi connectivity index (χ2n) is 3.06. The van der Waals surface area contributed by atoms with Gasteiger partial charge in [-0.05, 0) is 13.3 Å². The number of carboxylic acid groups (broad SMARTS) is 1. The topological polar surface area (TPSA) is 83.5 Å². The number of aliphatic hydroxyl groups excluding tert-OH is 1. The molecule has 2 atom stereocenters. The normalized spacial score (nSPS) is 15.5. The van der Waals surface area contributed by atoms with Crippen molar-refractivity contribution in [2.45, 2.75) is 37.8 Å². The van der Waals surface area contributed by atoms with E-state index in [0.29, 0.717) is 6.92 Å². The molecule has 0 saturated carbocycles. The summed E-state index contributed by atoms with van der Waals surface area (Å²) < 4.78 is 24.5. The molecule has 0 amide bonds. The Kier molecular flexibility index (Phi) is 6.97. The molecular formula is C7H14ClF2NO3. The lowest BCUT2D eigenvalue weighted by molar-refractivity contribution is -0.148. The Morgan fingerprint density at radius 1 is 1.57 bits per heavy atom. The maximum atomic E-state index is 12.3. The lowest BCUT2D eigenvalue weighted by Crippen LogP contribution is -2.41. The van der Waals surface area contributed by atoms with Crippen LogP contribution < -0.4 is 5.73 Å². The van der Waals surface area contributed by atoms with Gasteiger partial charge in [-0.1, -0.05) is 0 Å². The minimum Gasteiger partial charge on any atom is -0.479 e. The van der Waals surface area contributed by atoms with Gasteiger partial charge in [-0.2, -0.15) is 0 Å². The van der Waals surface area contributed by atoms with E-state index in [2.05, 4.69) is 0 Å². The van der Waals surface area contributed by atoms with Crippen LogP contribution in [0.4, 0.5) is 8.78 Å². The van der Waals surface area contributed by atoms with E-state index < -0.39 is 30.5 Å². The van der Waals surface area contributed by atoms with Crippen molar-refractivity contribution < 1.29 is 23.8 Å². The summed E-state index contributed by atoms with van der Waals surface area (Å²) in [4.78, 5) is 10.1. The molecule has 0 unspecified atom stereocenters. The van der Waals surface area contributed by atoms with Crippen molar-refractivity contribution in [2.24, 2.45) is 5.73 Å². The molecule has 0 heterocycles. The number of aliphatic hydroxyl groups is 1. The molecule has 0 fully saturated rings. The quantitative estimate of drug-likeness (QED) is 0.650. The van der Waals surface area contributed by atoms with E-state index in [9.17, 15) is 13.6 Å². The SMILES string of the molecule is CC(F)(F)CC[C@H](N)[C@H](O)C(=O)O.Cl. The lowest BCUT2D eigenvalue weighted by atomic mass is 10.0. The van der Waals surface area contributed by atoms with Gasteiger partial charge < -0.3 is 15.9 Å². The number of alkyl halides is 2. The van der Waals surface area contributed by atoms with E-state index in [0.717, 1.165) is 0 Å². The van der Waals surface area contributed by atoms with Crippen molar-refractivity contribution >= 4 is 18.4 Å². The molecule has 0 rings (SSSR count). The number of aliphatic carboxylic acids is 1. The molecule has 0 aromatic heterocycles. The molecule has 0 aliphatic rings. The Balaban J connectivity index is 0. The largest absolute Gasteiger partial charge is 0.479 e. The number of rotatable bonds is 5. The average molecular weight is 234 g/mol. The van der Waals surface area contributed by atoms with Crippen molar-refractivity contribution in [1.29, 1.82) is 0 Å². The fourth-order valence-corrected chi connectivity index (χ4v) is 0.761. The zero-order valence-corrected chi connectivity index (χ0v) is 8.43. The Hall–Kier alpha value is -0.460. The van der Waals surface area contributed by atoms with Crippen molar-refractivity contribution in [3.8, 4) is 0 Å². The van der Waals surface area contributed by atoms with E-state index >= 15 is 0 Å². The predicted molar refractivity (Wildman–Crippen MR) is 48.7 cm³/mol. The van der Waals surface area contributed by atoms with Crippen LogP contribution in [0.15, 0.2) is 0 Å². The third-order valence-electron chi connectivity index (χ3n) is 1.58. The van der Waals surface area contributed by atoms with Gasteiger partial charge in [0.15, 0.2) is 6.10 Å². The number of carboxylic acids is 1. The van der Waals surface area contributed by atoms with Crippen LogP contribution in [0.3, 0.4) is 0 Å². The molecule has 0 saturated heterocycles. The first-order valence-corrected chi connectivity index (χ1v) is 3.78. The number of hydrogen-bond acceptors (Lipinski definition) is 3. The third kappa shape index (κ3) is 6.99. The highest BCUT2D eigenvalue weighted by Crippen LogP contribution is 2.19. The van der Waals surface area contributed by atoms with Crippen LogP contribution >= 0.6 is 12.4 Å². The fraction of sp³-hybridized carbons (Fsp3) is 0.857. The van der Waals surface area contributed by atoms with Gasteiger partial charge in [0.1, 0.15) is 0 Å². The minimum atomic E-state index is -2.88. The van der Waals surface area contributed by atoms with Crippen LogP contribution in [0.5, 0.6) is 0 Å². The predicted octanol–water partition coefficient (Wildman–Crippen LogP) is 0.616. The van der Waals surface area contributed by atoms with Gasteiger partial charge in [0.05, 0.1) is 0 Å². The average Bonchev–Trinajstić information content (AvgIpc) is 1.97. The summed E-state index contributed by atoms with van der Waals surface area (Å²) in [5.74, 6) is -4.37. The van der Waals surface area contributed by atoms with Crippen LogP contribution in [0.2, 0.25) is 0 Å². The molecule has 14 heavy (non-hydrogen) atoms. The van der Waals surface area contributed by atoms with Crippen LogP contribution in [0, 0.1) is 0 Å². The fourth-order valence-electron chi connectivity index (χ4n) is 0.761. The molecule has 0 bridgehead atoms. The minimum absolute atomic E-state index is 0. The highest BCUT2D eigenvalue weighted by molar-refractivity contribution is 5.85. The second kappa shape index (κ2) is 6.10. The summed E-state index contributed by atoms with van der Waals surface area (Å²) >= 11 is 0. The smallest absolute Gasteiger partial charge is 0.334 e. The summed E-state index contributed by atoms with van der Waals surface area (Å²) in [5, 5.41) is 17.1. The maximum absolute atomic E-state index is 12.3. The highest BCUT2D eigenvalue weighted by Gasteiger charge is 2.27. The molecule has 86 valence electrons. The summed E-state index contributed by atoms with van der Waals surface area (Å²) in [6, 6.07) is -1.15. The van der Waals surface area contributed by atoms with E-state index in [1.807, 2.05) is 0 Å². The molecule has 7 heteroatoms. The van der Waals surface area contributed by atoms with Crippen molar-refractivity contribution in [2.75, 3.05) is 0 Å². The molecule has 0 aliphatic heterocycles. The standard InChI is InChI=1S/C7H13F2NO3.ClH/c1-7(8,9)3-2-4(10)5(11)6(12)13;/h4-5,11H,2-3,10H2,1H3,(H,12,13);1H/t4-,5-;/m0./s1. The first kappa shape index (κ1) is 16.0. The van der Waals surface area contributed by atoms with Gasteiger partial charge in [0.25, 0.3) is 0 Å². The number of halogens is 3. The van der Waals surface area contributed by atoms with Gasteiger partial charge in [-0.25, -0.2) is 13.6 Å². The number of hydrogen-bond donors (Lipinski definition) is 3. The summed E-state index contributed by atoms with van der Waals surface area (Å²) in [6.45, 7) is 0.715. The van der Waals surface area contributed by atoms with Gasteiger partial charge in [-0.3, -0.25) is 0 Å². The van der Waals surface area contributed by atoms with E-state index in [1.54, 1.807) is 0 Å². The lowest BCUT2D eigenvalue weighted by Gasteiger charge is -2.17. The molecule has 0 radical (unpaired) electrons. The molecule has 4 nitrogen and oxygen atoms in total. The van der Waals surface area contributed by atoms with Crippen LogP contribution in [0.1, 0.15) is 19.8 Å². The first-order chi connectivity index (χ1) is 5.74. The van der Waals surface area contributed by atoms with Crippen molar-refractivity contribution in [3.63, 3.8) is 0 Å². The summed E-state index contributed by atoms with van der Waals surface area (Å²) in [7, 11) is 0. The first-order valence-electron chi connectivity index (χ1n) is 3.78. The highest BCUT2D eigenvalue weighted by atomic mass is 35.5. The van der Waals surface area contributed by atoms with Crippen LogP contribution in [-0.2, 0) is 4.79 Å². The van der Waals surface area contributed by atoms with Crippen molar-refractivity contribution in [3.05, 3.63) is 0 Å². The van der Waals surface area contributed by atoms with Gasteiger partial charge in [-0.15, -0.1) is 12.4 Å². The maximum Gasteiger partial charge on any atom is 0.334 e. The molecule has 0 aliphatic carbocycles. The van der Waals surface area contributed by atoms with Crippen LogP contribution in [0.25, 0.3) is 0 Å². The third-order valence-corrected chi connectivity index (χ3v) is 1.58.